The van der Waals surface area contributed by atoms with Crippen LogP contribution >= 0.6 is 34.8 Å². The summed E-state index contributed by atoms with van der Waals surface area (Å²) in [6, 6.07) is 35.1. The molecule has 0 bridgehead atoms. The van der Waals surface area contributed by atoms with Gasteiger partial charge in [-0.15, -0.1) is 0 Å². The predicted octanol–water partition coefficient (Wildman–Crippen LogP) is 21.0. The lowest BCUT2D eigenvalue weighted by Crippen LogP contribution is -2.55. The Morgan fingerprint density at radius 3 is 1.28 bits per heavy atom. The number of nitrogens with one attached hydrogen (secondary N) is 1. The van der Waals surface area contributed by atoms with E-state index in [2.05, 4.69) is 81.4 Å². The second-order valence-electron chi connectivity index (χ2n) is 40.3. The molecular formula is C100H130Cl3NO17. The lowest BCUT2D eigenvalue weighted by Gasteiger charge is -2.58. The van der Waals surface area contributed by atoms with E-state index in [9.17, 15) is 24.3 Å². The van der Waals surface area contributed by atoms with Gasteiger partial charge in [-0.05, 0) is 244 Å². The molecule has 658 valence electrons. The molecule has 6 heterocycles. The van der Waals surface area contributed by atoms with E-state index in [1.54, 1.807) is 90.5 Å². The highest BCUT2D eigenvalue weighted by Gasteiger charge is 2.71. The molecule has 32 atom stereocenters. The average Bonchev–Trinajstić information content (AvgIpc) is 1.54. The van der Waals surface area contributed by atoms with Crippen molar-refractivity contribution in [2.45, 2.75) is 275 Å². The van der Waals surface area contributed by atoms with Crippen LogP contribution in [0.15, 0.2) is 145 Å². The molecule has 4 aromatic carbocycles. The molecule has 18 nitrogen and oxygen atoms in total. The first-order valence-electron chi connectivity index (χ1n) is 45.7. The molecule has 6 saturated carbocycles. The monoisotopic (exact) mass is 1720 g/mol. The molecule has 21 heteroatoms. The first-order valence-corrected chi connectivity index (χ1v) is 46.8. The Morgan fingerprint density at radius 2 is 0.868 bits per heavy atom. The lowest BCUT2D eigenvalue weighted by atomic mass is 9.47. The number of aliphatic hydroxyl groups excluding tert-OH is 1. The molecule has 0 radical (unpaired) electrons. The number of esters is 4. The van der Waals surface area contributed by atoms with Crippen molar-refractivity contribution in [3.63, 3.8) is 0 Å². The molecular weight excluding hydrogens is 1590 g/mol. The maximum Gasteiger partial charge on any atom is 0.338 e. The number of benzene rings is 4. The van der Waals surface area contributed by atoms with E-state index in [0.717, 1.165) is 82.3 Å². The third kappa shape index (κ3) is 17.1. The van der Waals surface area contributed by atoms with Gasteiger partial charge < -0.3 is 61.9 Å². The van der Waals surface area contributed by atoms with Crippen LogP contribution in [0.5, 0.6) is 0 Å². The summed E-state index contributed by atoms with van der Waals surface area (Å²) >= 11 is 17.3. The number of fused-ring (bicyclic) bond motifs is 14. The minimum absolute atomic E-state index is 0.0560. The molecule has 14 aliphatic rings. The van der Waals surface area contributed by atoms with Crippen LogP contribution in [0.4, 0.5) is 0 Å². The average molecular weight is 1720 g/mol. The Bertz CT molecular complexity index is 4380. The number of hydrogen-bond acceptors (Lipinski definition) is 18. The van der Waals surface area contributed by atoms with Gasteiger partial charge >= 0.3 is 23.9 Å². The number of halogens is 3. The molecule has 0 amide bonds. The minimum atomic E-state index is -2.14. The number of allylic oxidation sites excluding steroid dienone is 2. The second-order valence-corrected chi connectivity index (χ2v) is 42.6. The van der Waals surface area contributed by atoms with Crippen molar-refractivity contribution in [3.8, 4) is 0 Å². The Labute approximate surface area is 731 Å². The van der Waals surface area contributed by atoms with Gasteiger partial charge in [0, 0.05) is 36.5 Å². The molecule has 8 aliphatic carbocycles. The third-order valence-corrected chi connectivity index (χ3v) is 34.3. The normalized spacial score (nSPS) is 42.9. The van der Waals surface area contributed by atoms with E-state index in [1.807, 2.05) is 50.2 Å². The molecule has 6 saturated heterocycles. The fourth-order valence-corrected chi connectivity index (χ4v) is 26.5. The molecule has 6 aliphatic heterocycles. The summed E-state index contributed by atoms with van der Waals surface area (Å²) in [5, 5.41) is 18.2. The van der Waals surface area contributed by atoms with Crippen molar-refractivity contribution in [3.05, 3.63) is 167 Å². The zero-order valence-electron chi connectivity index (χ0n) is 72.9. The molecule has 18 rings (SSSR count). The molecule has 4 aromatic rings. The number of ether oxygens (including phenoxy) is 12. The van der Waals surface area contributed by atoms with E-state index in [0.29, 0.717) is 98.6 Å². The maximum absolute atomic E-state index is 13.5. The third-order valence-electron chi connectivity index (χ3n) is 33.8. The van der Waals surface area contributed by atoms with Crippen LogP contribution in [0.1, 0.15) is 240 Å². The quantitative estimate of drug-likeness (QED) is 0.0317. The summed E-state index contributed by atoms with van der Waals surface area (Å²) in [6.07, 6.45) is 21.5. The topological polar surface area (TPSA) is 223 Å². The SMILES string of the molecule is C[C@@H]1C(COC(=O)c2ccccc2)O[C@@H](OC(=N)C(Cl)(Cl)Cl)C(OC(=O)c2ccccc2)[C@H]1C.C[C@@H]1CC[C@@]2(OC1)O[C@H]1C[C@H]3[C@@H]4CC=C5C[C@@H](O)CC[C@]5(C)[C@H]4CC[C@]3(C)[C@H]1[C@@H]2C.C[C@@H]1CC[C@@]2(OC1)O[C@H]1C[C@H]3[C@@H]4CC=C5C[C@@H](O[C@@H]6OC(COC(=O)c7ccccc7)[C@@H](C)[C@H](C)C6OC(=O)c6ccccc6)CC[C@]5(C)[C@H]4CC[C@]3(C)[C@H]1[C@@H]2C. The number of aliphatic hydroxyl groups is 1. The summed E-state index contributed by atoms with van der Waals surface area (Å²) in [4.78, 5) is 51.5. The molecule has 2 N–H and O–H groups in total. The fourth-order valence-electron chi connectivity index (χ4n) is 26.4. The van der Waals surface area contributed by atoms with Gasteiger partial charge in [0.05, 0.1) is 72.1 Å². The van der Waals surface area contributed by atoms with Gasteiger partial charge in [0.15, 0.2) is 30.1 Å². The largest absolute Gasteiger partial charge is 0.459 e. The fraction of sp³-hybridized carbons (Fsp3) is 0.670. The maximum atomic E-state index is 13.5. The van der Waals surface area contributed by atoms with E-state index >= 15 is 0 Å². The van der Waals surface area contributed by atoms with Gasteiger partial charge in [-0.25, -0.2) is 19.2 Å². The number of hydrogen-bond donors (Lipinski definition) is 2. The highest BCUT2D eigenvalue weighted by atomic mass is 35.6. The van der Waals surface area contributed by atoms with Crippen molar-refractivity contribution in [1.29, 1.82) is 5.41 Å². The smallest absolute Gasteiger partial charge is 0.338 e. The van der Waals surface area contributed by atoms with E-state index in [1.165, 1.54) is 69.8 Å². The van der Waals surface area contributed by atoms with Crippen LogP contribution in [0.25, 0.3) is 0 Å². The predicted molar refractivity (Wildman–Crippen MR) is 462 cm³/mol. The van der Waals surface area contributed by atoms with Crippen LogP contribution < -0.4 is 0 Å². The summed E-state index contributed by atoms with van der Waals surface area (Å²) in [5.74, 6) is 3.94. The Hall–Kier alpha value is -5.74. The summed E-state index contributed by atoms with van der Waals surface area (Å²) in [7, 11) is 0. The van der Waals surface area contributed by atoms with Gasteiger partial charge in [-0.3, -0.25) is 5.41 Å². The highest BCUT2D eigenvalue weighted by Crippen LogP contribution is 2.73. The Kier molecular flexibility index (Phi) is 26.0. The number of alkyl halides is 3. The minimum Gasteiger partial charge on any atom is -0.459 e. The van der Waals surface area contributed by atoms with Crippen LogP contribution in [-0.4, -0.2) is 138 Å². The zero-order chi connectivity index (χ0) is 85.5. The number of carbonyl (C=O) groups is 4. The molecule has 121 heavy (non-hydrogen) atoms. The van der Waals surface area contributed by atoms with E-state index in [4.69, 9.17) is 97.1 Å². The molecule has 4 unspecified atom stereocenters. The van der Waals surface area contributed by atoms with Gasteiger partial charge in [-0.1, -0.05) is 214 Å². The second kappa shape index (κ2) is 35.5. The van der Waals surface area contributed by atoms with E-state index in [-0.39, 0.29) is 83.4 Å². The summed E-state index contributed by atoms with van der Waals surface area (Å²) < 4.78 is 73.1. The van der Waals surface area contributed by atoms with Crippen molar-refractivity contribution in [2.75, 3.05) is 26.4 Å². The standard InChI is InChI=1S/C49H64O8.C27H42O3.C24H24Cl3NO6/c1-29-19-24-49(53-27-29)32(4)42-40(57-49)26-39-37-18-17-35-25-36(20-22-47(35,5)38(37)21-23-48(39,42)6)54-46-43(56-45(51)34-15-11-8-12-16-34)31(3)30(2)41(55-46)28-52-44(50)33-13-9-7-10-14-33;1-16-7-12-27(29-15-16)17(2)24-23(30-27)14-22-20-6-5-18-13-19(28)8-10-25(18,3)21(20)9-11-26(22,24)4;1-14-15(2)19(33-21(30)17-11-7-4-8-12-17)22(34-23(28)24(25,26)27)32-18(14)13-31-20(29)16-9-5-3-6-10-16/h7-17,29-32,36-43,46H,18-28H2,1-6H3;5,16-17,19-24,28H,6-15H2,1-4H3;3-12,14-15,18-19,22,28H,13H2,1-2H3/t29-,30+,31+,32+,36+,37-,38+,39+,40+,41?,42+,43?,46-,47+,48+,49-;16-,17+,19+,20-,21+,22+,23+,24+,25+,26+,27-;14-,15-,18?,19?,22-/m110/s1. The van der Waals surface area contributed by atoms with Crippen LogP contribution in [0.3, 0.4) is 0 Å². The Balaban J connectivity index is 0.000000145. The summed E-state index contributed by atoms with van der Waals surface area (Å²) in [5.41, 5.74) is 6.01. The first kappa shape index (κ1) is 88.7. The highest BCUT2D eigenvalue weighted by molar-refractivity contribution is 6.76. The van der Waals surface area contributed by atoms with Crippen molar-refractivity contribution in [1.82, 2.24) is 0 Å². The van der Waals surface area contributed by atoms with Crippen molar-refractivity contribution in [2.24, 2.45) is 116 Å². The van der Waals surface area contributed by atoms with Gasteiger partial charge in [0.25, 0.3) is 3.79 Å². The van der Waals surface area contributed by atoms with Gasteiger partial charge in [-0.2, -0.15) is 0 Å². The molecule has 0 aromatic heterocycles. The zero-order valence-corrected chi connectivity index (χ0v) is 75.2. The van der Waals surface area contributed by atoms with Crippen LogP contribution in [-0.2, 0) is 56.8 Å². The molecule has 2 spiro atoms. The molecule has 12 fully saturated rings. The van der Waals surface area contributed by atoms with Crippen LogP contribution in [0, 0.1) is 122 Å². The number of rotatable bonds is 13. The van der Waals surface area contributed by atoms with Crippen molar-refractivity contribution >= 4 is 64.6 Å². The van der Waals surface area contributed by atoms with Crippen molar-refractivity contribution < 1.29 is 81.1 Å². The number of carbonyl (C=O) groups excluding carboxylic acids is 4. The lowest BCUT2D eigenvalue weighted by molar-refractivity contribution is -0.289. The van der Waals surface area contributed by atoms with Crippen LogP contribution in [0.2, 0.25) is 0 Å². The van der Waals surface area contributed by atoms with E-state index < -0.39 is 58.6 Å². The Morgan fingerprint density at radius 1 is 0.471 bits per heavy atom. The van der Waals surface area contributed by atoms with Gasteiger partial charge in [0.1, 0.15) is 13.2 Å². The first-order chi connectivity index (χ1) is 57.7. The van der Waals surface area contributed by atoms with Gasteiger partial charge in [0.2, 0.25) is 12.2 Å². The summed E-state index contributed by atoms with van der Waals surface area (Å²) in [6.45, 7) is 29.4.